The first-order valence-corrected chi connectivity index (χ1v) is 5.38. The molecule has 2 aromatic carbocycles. The van der Waals surface area contributed by atoms with Crippen LogP contribution in [0.15, 0.2) is 42.5 Å². The molecular weight excluding hydrogens is 204 g/mol. The van der Waals surface area contributed by atoms with Gasteiger partial charge in [0.05, 0.1) is 0 Å². The molecule has 0 nitrogen and oxygen atoms in total. The van der Waals surface area contributed by atoms with E-state index in [-0.39, 0.29) is 12.4 Å². The predicted octanol–water partition coefficient (Wildman–Crippen LogP) is 4.60. The van der Waals surface area contributed by atoms with Crippen LogP contribution >= 0.6 is 12.4 Å². The maximum atomic E-state index is 2.25. The molecule has 80 valence electrons. The zero-order valence-electron chi connectivity index (χ0n) is 9.07. The van der Waals surface area contributed by atoms with Crippen molar-refractivity contribution in [1.82, 2.24) is 0 Å². The Balaban J connectivity index is 0.00000112. The molecule has 0 aliphatic carbocycles. The minimum Gasteiger partial charge on any atom is -0.147 e. The Hall–Kier alpha value is -1.01. The lowest BCUT2D eigenvalue weighted by atomic mass is 10.0. The fraction of sp³-hybridized carbons (Fsp3) is 0.286. The summed E-state index contributed by atoms with van der Waals surface area (Å²) in [7, 11) is 0. The van der Waals surface area contributed by atoms with E-state index in [1.54, 1.807) is 0 Å². The highest BCUT2D eigenvalue weighted by Crippen LogP contribution is 2.19. The van der Waals surface area contributed by atoms with Crippen molar-refractivity contribution >= 4 is 23.2 Å². The van der Waals surface area contributed by atoms with E-state index in [1.165, 1.54) is 35.6 Å². The molecule has 0 unspecified atom stereocenters. The van der Waals surface area contributed by atoms with Gasteiger partial charge in [0.2, 0.25) is 0 Å². The summed E-state index contributed by atoms with van der Waals surface area (Å²) in [5, 5.41) is 2.78. The Labute approximate surface area is 97.7 Å². The molecule has 0 amide bonds. The molecule has 0 spiro atoms. The Bertz CT molecular complexity index is 415. The molecule has 0 aliphatic rings. The van der Waals surface area contributed by atoms with Gasteiger partial charge in [-0.15, -0.1) is 12.4 Å². The second-order valence-corrected chi connectivity index (χ2v) is 3.74. The number of benzene rings is 2. The number of rotatable bonds is 3. The van der Waals surface area contributed by atoms with Gasteiger partial charge >= 0.3 is 0 Å². The number of unbranched alkanes of at least 4 members (excludes halogenated alkanes) is 1. The molecule has 0 radical (unpaired) electrons. The fourth-order valence-corrected chi connectivity index (χ4v) is 1.88. The molecule has 1 heteroatoms. The van der Waals surface area contributed by atoms with Crippen molar-refractivity contribution in [2.24, 2.45) is 0 Å². The smallest absolute Gasteiger partial charge is 0.0152 e. The monoisotopic (exact) mass is 220 g/mol. The van der Waals surface area contributed by atoms with Crippen LogP contribution in [0.4, 0.5) is 0 Å². The van der Waals surface area contributed by atoms with E-state index in [0.29, 0.717) is 0 Å². The van der Waals surface area contributed by atoms with Crippen LogP contribution in [-0.2, 0) is 6.42 Å². The SMILES string of the molecule is CCCCc1cccc2ccccc12.Cl. The third kappa shape index (κ3) is 2.73. The quantitative estimate of drug-likeness (QED) is 0.709. The summed E-state index contributed by atoms with van der Waals surface area (Å²) in [4.78, 5) is 0. The normalized spacial score (nSPS) is 9.93. The lowest BCUT2D eigenvalue weighted by Crippen LogP contribution is -1.86. The van der Waals surface area contributed by atoms with Gasteiger partial charge in [0, 0.05) is 0 Å². The Morgan fingerprint density at radius 3 is 2.47 bits per heavy atom. The summed E-state index contributed by atoms with van der Waals surface area (Å²) in [5.41, 5.74) is 1.49. The average Bonchev–Trinajstić information content (AvgIpc) is 2.26. The third-order valence-corrected chi connectivity index (χ3v) is 2.68. The van der Waals surface area contributed by atoms with Crippen LogP contribution in [0.5, 0.6) is 0 Å². The molecule has 0 saturated heterocycles. The van der Waals surface area contributed by atoms with Crippen LogP contribution in [0.3, 0.4) is 0 Å². The minimum absolute atomic E-state index is 0. The van der Waals surface area contributed by atoms with Gasteiger partial charge in [0.1, 0.15) is 0 Å². The van der Waals surface area contributed by atoms with Crippen molar-refractivity contribution < 1.29 is 0 Å². The van der Waals surface area contributed by atoms with Crippen LogP contribution in [0.1, 0.15) is 25.3 Å². The van der Waals surface area contributed by atoms with E-state index >= 15 is 0 Å². The van der Waals surface area contributed by atoms with Crippen LogP contribution < -0.4 is 0 Å². The number of fused-ring (bicyclic) bond motifs is 1. The Morgan fingerprint density at radius 2 is 1.67 bits per heavy atom. The highest BCUT2D eigenvalue weighted by molar-refractivity contribution is 5.85. The second-order valence-electron chi connectivity index (χ2n) is 3.74. The van der Waals surface area contributed by atoms with E-state index in [4.69, 9.17) is 0 Å². The molecule has 0 bridgehead atoms. The van der Waals surface area contributed by atoms with Crippen molar-refractivity contribution in [3.8, 4) is 0 Å². The first kappa shape index (κ1) is 12.1. The third-order valence-electron chi connectivity index (χ3n) is 2.68. The molecule has 0 atom stereocenters. The van der Waals surface area contributed by atoms with Crippen LogP contribution in [-0.4, -0.2) is 0 Å². The van der Waals surface area contributed by atoms with Crippen LogP contribution in [0.2, 0.25) is 0 Å². The molecule has 0 aliphatic heterocycles. The summed E-state index contributed by atoms with van der Waals surface area (Å²) in [6.07, 6.45) is 3.76. The summed E-state index contributed by atoms with van der Waals surface area (Å²) in [6, 6.07) is 15.2. The van der Waals surface area contributed by atoms with E-state index in [1.807, 2.05) is 0 Å². The van der Waals surface area contributed by atoms with Crippen molar-refractivity contribution in [2.45, 2.75) is 26.2 Å². The molecule has 0 heterocycles. The maximum absolute atomic E-state index is 2.25. The Morgan fingerprint density at radius 1 is 0.933 bits per heavy atom. The van der Waals surface area contributed by atoms with Crippen molar-refractivity contribution in [2.75, 3.05) is 0 Å². The molecule has 2 aromatic rings. The van der Waals surface area contributed by atoms with Gasteiger partial charge in [-0.05, 0) is 29.2 Å². The minimum atomic E-state index is 0. The van der Waals surface area contributed by atoms with Gasteiger partial charge < -0.3 is 0 Å². The molecule has 0 N–H and O–H groups in total. The van der Waals surface area contributed by atoms with E-state index in [2.05, 4.69) is 49.4 Å². The maximum Gasteiger partial charge on any atom is -0.0152 e. The topological polar surface area (TPSA) is 0 Å². The molecular formula is C14H17Cl. The van der Waals surface area contributed by atoms with E-state index < -0.39 is 0 Å². The fourth-order valence-electron chi connectivity index (χ4n) is 1.88. The van der Waals surface area contributed by atoms with Gasteiger partial charge in [-0.3, -0.25) is 0 Å². The standard InChI is InChI=1S/C14H16.ClH/c1-2-3-7-12-9-6-10-13-8-4-5-11-14(12)13;/h4-6,8-11H,2-3,7H2,1H3;1H. The lowest BCUT2D eigenvalue weighted by Gasteiger charge is -2.04. The average molecular weight is 221 g/mol. The van der Waals surface area contributed by atoms with E-state index in [9.17, 15) is 0 Å². The summed E-state index contributed by atoms with van der Waals surface area (Å²) in [6.45, 7) is 2.24. The van der Waals surface area contributed by atoms with Crippen molar-refractivity contribution in [3.63, 3.8) is 0 Å². The first-order valence-electron chi connectivity index (χ1n) is 5.38. The number of halogens is 1. The highest BCUT2D eigenvalue weighted by atomic mass is 35.5. The molecule has 15 heavy (non-hydrogen) atoms. The van der Waals surface area contributed by atoms with Gasteiger partial charge in [-0.1, -0.05) is 55.8 Å². The van der Waals surface area contributed by atoms with E-state index in [0.717, 1.165) is 0 Å². The largest absolute Gasteiger partial charge is 0.147 e. The number of hydrogen-bond acceptors (Lipinski definition) is 0. The van der Waals surface area contributed by atoms with Gasteiger partial charge in [0.25, 0.3) is 0 Å². The first-order chi connectivity index (χ1) is 6.92. The summed E-state index contributed by atoms with van der Waals surface area (Å²) >= 11 is 0. The number of aryl methyl sites for hydroxylation is 1. The van der Waals surface area contributed by atoms with Crippen molar-refractivity contribution in [3.05, 3.63) is 48.0 Å². The lowest BCUT2D eigenvalue weighted by molar-refractivity contribution is 0.799. The number of hydrogen-bond donors (Lipinski definition) is 0. The zero-order valence-corrected chi connectivity index (χ0v) is 9.89. The zero-order chi connectivity index (χ0) is 9.80. The highest BCUT2D eigenvalue weighted by Gasteiger charge is 1.98. The molecule has 0 fully saturated rings. The molecule has 0 saturated carbocycles. The predicted molar refractivity (Wildman–Crippen MR) is 69.8 cm³/mol. The van der Waals surface area contributed by atoms with Gasteiger partial charge in [0.15, 0.2) is 0 Å². The van der Waals surface area contributed by atoms with Crippen LogP contribution in [0.25, 0.3) is 10.8 Å². The van der Waals surface area contributed by atoms with Crippen LogP contribution in [0, 0.1) is 0 Å². The van der Waals surface area contributed by atoms with Gasteiger partial charge in [-0.25, -0.2) is 0 Å². The second kappa shape index (κ2) is 5.77. The molecule has 2 rings (SSSR count). The molecule has 0 aromatic heterocycles. The van der Waals surface area contributed by atoms with Crippen molar-refractivity contribution in [1.29, 1.82) is 0 Å². The van der Waals surface area contributed by atoms with Gasteiger partial charge in [-0.2, -0.15) is 0 Å². The Kier molecular flexibility index (Phi) is 4.64. The summed E-state index contributed by atoms with van der Waals surface area (Å²) < 4.78 is 0. The summed E-state index contributed by atoms with van der Waals surface area (Å²) in [5.74, 6) is 0.